The third-order valence-corrected chi connectivity index (χ3v) is 4.98. The van der Waals surface area contributed by atoms with E-state index in [9.17, 15) is 4.79 Å². The molecule has 0 saturated carbocycles. The zero-order chi connectivity index (χ0) is 20.5. The Morgan fingerprint density at radius 2 is 1.83 bits per heavy atom. The number of ether oxygens (including phenoxy) is 1. The van der Waals surface area contributed by atoms with Gasteiger partial charge in [0.2, 0.25) is 5.89 Å². The first-order valence-corrected chi connectivity index (χ1v) is 9.45. The second-order valence-corrected chi connectivity index (χ2v) is 7.19. The molecule has 0 atom stereocenters. The quantitative estimate of drug-likeness (QED) is 0.407. The topological polar surface area (TPSA) is 77.2 Å². The number of carbonyl (C=O) groups excluding carboxylic acids is 1. The molecule has 0 unspecified atom stereocenters. The maximum Gasteiger partial charge on any atom is 0.255 e. The number of pyridine rings is 1. The van der Waals surface area contributed by atoms with Crippen molar-refractivity contribution in [1.82, 2.24) is 9.97 Å². The molecule has 0 aliphatic heterocycles. The van der Waals surface area contributed by atoms with Crippen molar-refractivity contribution in [2.75, 3.05) is 12.4 Å². The van der Waals surface area contributed by atoms with Gasteiger partial charge in [0.05, 0.1) is 27.7 Å². The molecule has 0 aliphatic rings. The van der Waals surface area contributed by atoms with E-state index in [0.29, 0.717) is 39.1 Å². The minimum Gasteiger partial charge on any atom is -0.494 e. The summed E-state index contributed by atoms with van der Waals surface area (Å²) in [5, 5.41) is 3.68. The van der Waals surface area contributed by atoms with Crippen LogP contribution in [0.3, 0.4) is 0 Å². The Morgan fingerprint density at radius 3 is 2.52 bits per heavy atom. The number of carbonyl (C=O) groups is 1. The number of nitrogens with zero attached hydrogens (tertiary/aromatic N) is 2. The van der Waals surface area contributed by atoms with Crippen LogP contribution >= 0.6 is 34.8 Å². The number of halogens is 3. The van der Waals surface area contributed by atoms with Crippen molar-refractivity contribution in [2.45, 2.75) is 0 Å². The average Bonchev–Trinajstić information content (AvgIpc) is 3.13. The highest BCUT2D eigenvalue weighted by Gasteiger charge is 2.16. The average molecular weight is 449 g/mol. The van der Waals surface area contributed by atoms with Crippen molar-refractivity contribution >= 4 is 57.6 Å². The van der Waals surface area contributed by atoms with Crippen LogP contribution < -0.4 is 10.1 Å². The van der Waals surface area contributed by atoms with Gasteiger partial charge in [-0.2, -0.15) is 4.98 Å². The summed E-state index contributed by atoms with van der Waals surface area (Å²) >= 11 is 18.5. The van der Waals surface area contributed by atoms with E-state index < -0.39 is 5.91 Å². The SMILES string of the molecule is COc1c(Cl)cc(C(=O)Nc2ccc(Cl)c(-c3nc4ncccc4o3)c2)cc1Cl. The first kappa shape index (κ1) is 19.5. The van der Waals surface area contributed by atoms with Crippen LogP contribution in [-0.4, -0.2) is 23.0 Å². The van der Waals surface area contributed by atoms with E-state index in [1.54, 1.807) is 36.5 Å². The van der Waals surface area contributed by atoms with E-state index in [2.05, 4.69) is 15.3 Å². The molecule has 2 aromatic heterocycles. The van der Waals surface area contributed by atoms with Crippen LogP contribution in [-0.2, 0) is 0 Å². The van der Waals surface area contributed by atoms with Gasteiger partial charge in [0.15, 0.2) is 17.0 Å². The number of fused-ring (bicyclic) bond motifs is 1. The highest BCUT2D eigenvalue weighted by molar-refractivity contribution is 6.38. The van der Waals surface area contributed by atoms with Crippen molar-refractivity contribution in [1.29, 1.82) is 0 Å². The molecule has 1 amide bonds. The standard InChI is InChI=1S/C20H12Cl3N3O3/c1-28-17-14(22)7-10(8-15(17)23)19(27)25-11-4-5-13(21)12(9-11)20-26-18-16(29-20)3-2-6-24-18/h2-9H,1H3,(H,25,27). The fourth-order valence-corrected chi connectivity index (χ4v) is 3.58. The predicted molar refractivity (Wildman–Crippen MR) is 113 cm³/mol. The van der Waals surface area contributed by atoms with Gasteiger partial charge in [-0.25, -0.2) is 4.98 Å². The van der Waals surface area contributed by atoms with Crippen LogP contribution in [0.25, 0.3) is 22.7 Å². The van der Waals surface area contributed by atoms with E-state index in [0.717, 1.165) is 0 Å². The van der Waals surface area contributed by atoms with Gasteiger partial charge in [0, 0.05) is 17.4 Å². The highest BCUT2D eigenvalue weighted by atomic mass is 35.5. The number of benzene rings is 2. The molecule has 0 radical (unpaired) electrons. The third-order valence-electron chi connectivity index (χ3n) is 4.08. The first-order valence-electron chi connectivity index (χ1n) is 8.32. The van der Waals surface area contributed by atoms with Crippen LogP contribution in [0, 0.1) is 0 Å². The fourth-order valence-electron chi connectivity index (χ4n) is 2.74. The predicted octanol–water partition coefficient (Wildman–Crippen LogP) is 6.11. The molecule has 4 aromatic rings. The van der Waals surface area contributed by atoms with Gasteiger partial charge in [0.25, 0.3) is 5.91 Å². The number of aromatic nitrogens is 2. The van der Waals surface area contributed by atoms with Gasteiger partial charge in [-0.3, -0.25) is 4.79 Å². The molecule has 1 N–H and O–H groups in total. The molecule has 6 nitrogen and oxygen atoms in total. The van der Waals surface area contributed by atoms with Gasteiger partial charge >= 0.3 is 0 Å². The van der Waals surface area contributed by atoms with Crippen molar-refractivity contribution in [3.05, 3.63) is 69.3 Å². The van der Waals surface area contributed by atoms with Crippen LogP contribution in [0.4, 0.5) is 5.69 Å². The number of oxazole rings is 1. The lowest BCUT2D eigenvalue weighted by atomic mass is 10.1. The number of hydrogen-bond acceptors (Lipinski definition) is 5. The third kappa shape index (κ3) is 3.87. The molecular formula is C20H12Cl3N3O3. The number of rotatable bonds is 4. The van der Waals surface area contributed by atoms with Gasteiger partial charge in [-0.1, -0.05) is 34.8 Å². The summed E-state index contributed by atoms with van der Waals surface area (Å²) in [5.41, 5.74) is 2.30. The first-order chi connectivity index (χ1) is 14.0. The largest absolute Gasteiger partial charge is 0.494 e. The molecule has 0 aliphatic carbocycles. The van der Waals surface area contributed by atoms with E-state index in [1.165, 1.54) is 19.2 Å². The normalized spacial score (nSPS) is 10.9. The lowest BCUT2D eigenvalue weighted by Gasteiger charge is -2.10. The number of nitrogens with one attached hydrogen (secondary N) is 1. The van der Waals surface area contributed by atoms with Crippen LogP contribution in [0.15, 0.2) is 53.1 Å². The van der Waals surface area contributed by atoms with Gasteiger partial charge < -0.3 is 14.5 Å². The van der Waals surface area contributed by atoms with Crippen molar-refractivity contribution in [2.24, 2.45) is 0 Å². The fraction of sp³-hybridized carbons (Fsp3) is 0.0500. The number of amides is 1. The lowest BCUT2D eigenvalue weighted by Crippen LogP contribution is -2.12. The van der Waals surface area contributed by atoms with Crippen molar-refractivity contribution in [3.8, 4) is 17.2 Å². The second kappa shape index (κ2) is 7.91. The molecule has 2 heterocycles. The molecule has 2 aromatic carbocycles. The number of hydrogen-bond donors (Lipinski definition) is 1. The Balaban J connectivity index is 1.65. The summed E-state index contributed by atoms with van der Waals surface area (Å²) in [7, 11) is 1.45. The van der Waals surface area contributed by atoms with Crippen LogP contribution in [0.5, 0.6) is 5.75 Å². The zero-order valence-electron chi connectivity index (χ0n) is 14.9. The Hall–Kier alpha value is -2.80. The Bertz CT molecular complexity index is 1180. The molecule has 0 bridgehead atoms. The molecule has 29 heavy (non-hydrogen) atoms. The van der Waals surface area contributed by atoms with Gasteiger partial charge in [0.1, 0.15) is 0 Å². The molecule has 0 fully saturated rings. The van der Waals surface area contributed by atoms with E-state index >= 15 is 0 Å². The van der Waals surface area contributed by atoms with E-state index in [4.69, 9.17) is 44.0 Å². The zero-order valence-corrected chi connectivity index (χ0v) is 17.1. The monoisotopic (exact) mass is 447 g/mol. The smallest absolute Gasteiger partial charge is 0.255 e. The summed E-state index contributed by atoms with van der Waals surface area (Å²) in [4.78, 5) is 21.1. The minimum atomic E-state index is -0.399. The summed E-state index contributed by atoms with van der Waals surface area (Å²) in [6, 6.07) is 11.4. The summed E-state index contributed by atoms with van der Waals surface area (Å²) in [6.07, 6.45) is 1.62. The molecule has 9 heteroatoms. The van der Waals surface area contributed by atoms with Gasteiger partial charge in [-0.05, 0) is 42.5 Å². The summed E-state index contributed by atoms with van der Waals surface area (Å²) < 4.78 is 10.8. The Kier molecular flexibility index (Phi) is 5.32. The molecular weight excluding hydrogens is 437 g/mol. The second-order valence-electron chi connectivity index (χ2n) is 5.97. The highest BCUT2D eigenvalue weighted by Crippen LogP contribution is 2.35. The molecule has 4 rings (SSSR count). The van der Waals surface area contributed by atoms with Crippen molar-refractivity contribution < 1.29 is 13.9 Å². The Morgan fingerprint density at radius 1 is 1.07 bits per heavy atom. The maximum absolute atomic E-state index is 12.6. The van der Waals surface area contributed by atoms with Crippen LogP contribution in [0.2, 0.25) is 15.1 Å². The summed E-state index contributed by atoms with van der Waals surface area (Å²) in [5.74, 6) is 0.211. The molecule has 146 valence electrons. The number of methoxy groups -OCH3 is 1. The Labute approximate surface area is 180 Å². The molecule has 0 spiro atoms. The lowest BCUT2D eigenvalue weighted by molar-refractivity contribution is 0.102. The van der Waals surface area contributed by atoms with Gasteiger partial charge in [-0.15, -0.1) is 0 Å². The number of anilines is 1. The van der Waals surface area contributed by atoms with E-state index in [-0.39, 0.29) is 15.6 Å². The maximum atomic E-state index is 12.6. The van der Waals surface area contributed by atoms with E-state index in [1.807, 2.05) is 0 Å². The molecule has 0 saturated heterocycles. The summed E-state index contributed by atoms with van der Waals surface area (Å²) in [6.45, 7) is 0. The van der Waals surface area contributed by atoms with Crippen molar-refractivity contribution in [3.63, 3.8) is 0 Å². The minimum absolute atomic E-state index is 0.237. The van der Waals surface area contributed by atoms with Crippen LogP contribution in [0.1, 0.15) is 10.4 Å².